The lowest BCUT2D eigenvalue weighted by molar-refractivity contribution is 0.313. The van der Waals surface area contributed by atoms with E-state index < -0.39 is 0 Å². The number of rotatable bonds is 3. The predicted octanol–water partition coefficient (Wildman–Crippen LogP) is 2.67. The Morgan fingerprint density at radius 1 is 1.38 bits per heavy atom. The third-order valence-corrected chi connectivity index (χ3v) is 3.52. The Morgan fingerprint density at radius 3 is 2.88 bits per heavy atom. The van der Waals surface area contributed by atoms with Crippen molar-refractivity contribution >= 4 is 0 Å². The number of aryl methyl sites for hydroxylation is 1. The van der Waals surface area contributed by atoms with Gasteiger partial charge >= 0.3 is 0 Å². The maximum absolute atomic E-state index is 4.49. The third kappa shape index (κ3) is 2.64. The molecule has 0 spiro atoms. The summed E-state index contributed by atoms with van der Waals surface area (Å²) in [7, 11) is 0. The molecule has 0 amide bonds. The van der Waals surface area contributed by atoms with Gasteiger partial charge in [-0.3, -0.25) is 4.68 Å². The van der Waals surface area contributed by atoms with Gasteiger partial charge in [0.25, 0.3) is 0 Å². The molecule has 0 aromatic carbocycles. The maximum atomic E-state index is 4.49. The molecule has 1 aromatic heterocycles. The SMILES string of the molecule is CCNC1CCCCCC1n1cc(C)cn1. The summed E-state index contributed by atoms with van der Waals surface area (Å²) in [5, 5.41) is 8.11. The van der Waals surface area contributed by atoms with Crippen molar-refractivity contribution < 1.29 is 0 Å². The van der Waals surface area contributed by atoms with Crippen LogP contribution in [0.2, 0.25) is 0 Å². The first-order valence-electron chi connectivity index (χ1n) is 6.55. The quantitative estimate of drug-likeness (QED) is 0.795. The molecule has 0 radical (unpaired) electrons. The van der Waals surface area contributed by atoms with E-state index in [0.29, 0.717) is 12.1 Å². The topological polar surface area (TPSA) is 29.9 Å². The molecule has 0 aliphatic heterocycles. The lowest BCUT2D eigenvalue weighted by atomic mass is 10.0. The maximum Gasteiger partial charge on any atom is 0.0672 e. The Bertz CT molecular complexity index is 319. The first-order chi connectivity index (χ1) is 7.81. The normalized spacial score (nSPS) is 26.6. The summed E-state index contributed by atoms with van der Waals surface area (Å²) in [5.41, 5.74) is 1.26. The minimum absolute atomic E-state index is 0.552. The van der Waals surface area contributed by atoms with Gasteiger partial charge in [0.1, 0.15) is 0 Å². The summed E-state index contributed by atoms with van der Waals surface area (Å²) < 4.78 is 2.17. The lowest BCUT2D eigenvalue weighted by Crippen LogP contribution is -2.37. The van der Waals surface area contributed by atoms with Gasteiger partial charge in [-0.1, -0.05) is 26.2 Å². The van der Waals surface area contributed by atoms with E-state index in [0.717, 1.165) is 6.54 Å². The first-order valence-corrected chi connectivity index (χ1v) is 6.55. The largest absolute Gasteiger partial charge is 0.312 e. The highest BCUT2D eigenvalue weighted by molar-refractivity contribution is 5.01. The van der Waals surface area contributed by atoms with Crippen LogP contribution in [0.3, 0.4) is 0 Å². The molecular weight excluding hydrogens is 198 g/mol. The molecule has 1 N–H and O–H groups in total. The molecule has 0 saturated heterocycles. The van der Waals surface area contributed by atoms with E-state index in [1.54, 1.807) is 0 Å². The van der Waals surface area contributed by atoms with Crippen molar-refractivity contribution in [2.45, 2.75) is 58.0 Å². The van der Waals surface area contributed by atoms with Crippen molar-refractivity contribution in [3.63, 3.8) is 0 Å². The molecule has 2 atom stereocenters. The highest BCUT2D eigenvalue weighted by Gasteiger charge is 2.24. The summed E-state index contributed by atoms with van der Waals surface area (Å²) in [4.78, 5) is 0. The molecule has 1 aliphatic rings. The number of likely N-dealkylation sites (N-methyl/N-ethyl adjacent to an activating group) is 1. The fraction of sp³-hybridized carbons (Fsp3) is 0.769. The van der Waals surface area contributed by atoms with E-state index in [9.17, 15) is 0 Å². The second-order valence-corrected chi connectivity index (χ2v) is 4.87. The second kappa shape index (κ2) is 5.48. The number of hydrogen-bond acceptors (Lipinski definition) is 2. The van der Waals surface area contributed by atoms with Gasteiger partial charge in [0, 0.05) is 12.2 Å². The van der Waals surface area contributed by atoms with E-state index in [1.807, 2.05) is 6.20 Å². The molecular formula is C13H23N3. The van der Waals surface area contributed by atoms with E-state index >= 15 is 0 Å². The monoisotopic (exact) mass is 221 g/mol. The van der Waals surface area contributed by atoms with Crippen LogP contribution >= 0.6 is 0 Å². The number of hydrogen-bond donors (Lipinski definition) is 1. The number of aromatic nitrogens is 2. The molecule has 1 aliphatic carbocycles. The van der Waals surface area contributed by atoms with Crippen LogP contribution in [0.5, 0.6) is 0 Å². The highest BCUT2D eigenvalue weighted by atomic mass is 15.3. The van der Waals surface area contributed by atoms with Crippen molar-refractivity contribution in [1.29, 1.82) is 0 Å². The molecule has 1 saturated carbocycles. The van der Waals surface area contributed by atoms with Gasteiger partial charge in [-0.05, 0) is 31.9 Å². The third-order valence-electron chi connectivity index (χ3n) is 3.52. The molecule has 2 unspecified atom stereocenters. The van der Waals surface area contributed by atoms with E-state index in [2.05, 4.69) is 35.1 Å². The van der Waals surface area contributed by atoms with Gasteiger partial charge in [-0.25, -0.2) is 0 Å². The molecule has 3 nitrogen and oxygen atoms in total. The Morgan fingerprint density at radius 2 is 2.19 bits per heavy atom. The first kappa shape index (κ1) is 11.6. The zero-order valence-electron chi connectivity index (χ0n) is 10.4. The van der Waals surface area contributed by atoms with Gasteiger partial charge < -0.3 is 5.32 Å². The minimum Gasteiger partial charge on any atom is -0.312 e. The van der Waals surface area contributed by atoms with E-state index in [-0.39, 0.29) is 0 Å². The summed E-state index contributed by atoms with van der Waals surface area (Å²) >= 11 is 0. The fourth-order valence-corrected chi connectivity index (χ4v) is 2.72. The lowest BCUT2D eigenvalue weighted by Gasteiger charge is -2.26. The standard InChI is InChI=1S/C13H23N3/c1-3-14-12-7-5-4-6-8-13(12)16-10-11(2)9-15-16/h9-10,12-14H,3-8H2,1-2H3. The Balaban J connectivity index is 2.13. The molecule has 1 fully saturated rings. The molecule has 1 heterocycles. The Kier molecular flexibility index (Phi) is 3.99. The zero-order valence-corrected chi connectivity index (χ0v) is 10.4. The van der Waals surface area contributed by atoms with Crippen molar-refractivity contribution in [2.75, 3.05) is 6.54 Å². The van der Waals surface area contributed by atoms with Crippen LogP contribution in [0, 0.1) is 6.92 Å². The van der Waals surface area contributed by atoms with Gasteiger partial charge in [-0.2, -0.15) is 5.10 Å². The molecule has 16 heavy (non-hydrogen) atoms. The summed E-state index contributed by atoms with van der Waals surface area (Å²) in [6.07, 6.45) is 10.8. The van der Waals surface area contributed by atoms with Crippen LogP contribution < -0.4 is 5.32 Å². The molecule has 90 valence electrons. The van der Waals surface area contributed by atoms with Crippen LogP contribution in [0.4, 0.5) is 0 Å². The van der Waals surface area contributed by atoms with Crippen LogP contribution in [0.15, 0.2) is 12.4 Å². The van der Waals surface area contributed by atoms with Gasteiger partial charge in [-0.15, -0.1) is 0 Å². The average Bonchev–Trinajstić information content (AvgIpc) is 2.56. The van der Waals surface area contributed by atoms with Crippen LogP contribution in [0.1, 0.15) is 50.6 Å². The molecule has 0 bridgehead atoms. The number of nitrogens with one attached hydrogen (secondary N) is 1. The number of nitrogens with zero attached hydrogens (tertiary/aromatic N) is 2. The Labute approximate surface area is 98.2 Å². The summed E-state index contributed by atoms with van der Waals surface area (Å²) in [6, 6.07) is 1.16. The van der Waals surface area contributed by atoms with E-state index in [1.165, 1.54) is 37.7 Å². The smallest absolute Gasteiger partial charge is 0.0672 e. The van der Waals surface area contributed by atoms with Crippen molar-refractivity contribution in [2.24, 2.45) is 0 Å². The van der Waals surface area contributed by atoms with Crippen LogP contribution in [-0.4, -0.2) is 22.4 Å². The summed E-state index contributed by atoms with van der Waals surface area (Å²) in [5.74, 6) is 0. The summed E-state index contributed by atoms with van der Waals surface area (Å²) in [6.45, 7) is 5.36. The molecule has 3 heteroatoms. The average molecular weight is 221 g/mol. The van der Waals surface area contributed by atoms with Gasteiger partial charge in [0.05, 0.1) is 12.2 Å². The van der Waals surface area contributed by atoms with Crippen molar-refractivity contribution in [3.05, 3.63) is 18.0 Å². The fourth-order valence-electron chi connectivity index (χ4n) is 2.72. The van der Waals surface area contributed by atoms with Gasteiger partial charge in [0.2, 0.25) is 0 Å². The van der Waals surface area contributed by atoms with Crippen molar-refractivity contribution in [1.82, 2.24) is 15.1 Å². The van der Waals surface area contributed by atoms with Crippen molar-refractivity contribution in [3.8, 4) is 0 Å². The van der Waals surface area contributed by atoms with E-state index in [4.69, 9.17) is 0 Å². The second-order valence-electron chi connectivity index (χ2n) is 4.87. The predicted molar refractivity (Wildman–Crippen MR) is 66.6 cm³/mol. The van der Waals surface area contributed by atoms with Crippen LogP contribution in [0.25, 0.3) is 0 Å². The Hall–Kier alpha value is -0.830. The molecule has 1 aromatic rings. The van der Waals surface area contributed by atoms with Crippen LogP contribution in [-0.2, 0) is 0 Å². The zero-order chi connectivity index (χ0) is 11.4. The van der Waals surface area contributed by atoms with Gasteiger partial charge in [0.15, 0.2) is 0 Å². The highest BCUT2D eigenvalue weighted by Crippen LogP contribution is 2.27. The minimum atomic E-state index is 0.552. The molecule has 2 rings (SSSR count).